The molecule has 1 saturated heterocycles. The molecule has 1 unspecified atom stereocenters. The van der Waals surface area contributed by atoms with E-state index in [2.05, 4.69) is 76.9 Å². The Kier molecular flexibility index (Phi) is 8.27. The lowest BCUT2D eigenvalue weighted by atomic mass is 9.83. The highest BCUT2D eigenvalue weighted by atomic mass is 16.5. The molecular weight excluding hydrogens is 460 g/mol. The Hall–Kier alpha value is -3.09. The molecule has 196 valence electrons. The number of benzene rings is 2. The van der Waals surface area contributed by atoms with Crippen LogP contribution in [0.4, 0.5) is 5.69 Å². The van der Waals surface area contributed by atoms with Gasteiger partial charge in [-0.05, 0) is 60.7 Å². The van der Waals surface area contributed by atoms with Crippen molar-refractivity contribution in [2.75, 3.05) is 58.7 Å². The Labute approximate surface area is 221 Å². The summed E-state index contributed by atoms with van der Waals surface area (Å²) >= 11 is 0. The smallest absolute Gasteiger partial charge is 0.230 e. The molecule has 0 bridgehead atoms. The van der Waals surface area contributed by atoms with Crippen LogP contribution in [0.2, 0.25) is 0 Å². The van der Waals surface area contributed by atoms with Crippen molar-refractivity contribution in [2.24, 2.45) is 0 Å². The van der Waals surface area contributed by atoms with Gasteiger partial charge in [0.05, 0.1) is 19.3 Å². The first kappa shape index (κ1) is 25.6. The molecule has 2 aliphatic heterocycles. The zero-order chi connectivity index (χ0) is 25.6. The van der Waals surface area contributed by atoms with Gasteiger partial charge in [0.2, 0.25) is 5.91 Å². The van der Waals surface area contributed by atoms with Crippen molar-refractivity contribution in [2.45, 2.75) is 38.1 Å². The summed E-state index contributed by atoms with van der Waals surface area (Å²) in [6.07, 6.45) is 6.46. The molecule has 1 atom stereocenters. The average molecular weight is 501 g/mol. The Bertz CT molecular complexity index is 1120. The number of amides is 1. The molecule has 2 aromatic rings. The molecular formula is C31H40N4O2. The second-order valence-corrected chi connectivity index (χ2v) is 10.5. The van der Waals surface area contributed by atoms with Crippen LogP contribution < -0.4 is 5.32 Å². The Morgan fingerprint density at radius 3 is 2.43 bits per heavy atom. The van der Waals surface area contributed by atoms with Gasteiger partial charge in [0, 0.05) is 63.6 Å². The van der Waals surface area contributed by atoms with E-state index >= 15 is 0 Å². The first-order chi connectivity index (χ1) is 18.1. The number of likely N-dealkylation sites (N-methyl/N-ethyl adjacent to an activating group) is 1. The number of piperazine rings is 1. The zero-order valence-electron chi connectivity index (χ0n) is 22.3. The third-order valence-electron chi connectivity index (χ3n) is 8.03. The summed E-state index contributed by atoms with van der Waals surface area (Å²) in [5.74, 6) is 1.28. The first-order valence-corrected chi connectivity index (χ1v) is 13.7. The van der Waals surface area contributed by atoms with Crippen molar-refractivity contribution in [3.8, 4) is 0 Å². The molecule has 1 amide bonds. The molecule has 3 aliphatic rings. The fourth-order valence-corrected chi connectivity index (χ4v) is 5.80. The van der Waals surface area contributed by atoms with E-state index in [1.165, 1.54) is 16.7 Å². The fraction of sp³-hybridized carbons (Fsp3) is 0.452. The number of fused-ring (bicyclic) bond motifs is 1. The van der Waals surface area contributed by atoms with Gasteiger partial charge in [0.25, 0.3) is 0 Å². The summed E-state index contributed by atoms with van der Waals surface area (Å²) < 4.78 is 5.77. The van der Waals surface area contributed by atoms with Gasteiger partial charge in [-0.3, -0.25) is 9.69 Å². The van der Waals surface area contributed by atoms with Gasteiger partial charge in [-0.25, -0.2) is 0 Å². The standard InChI is InChI=1S/C31H40N4O2/c1-33-18-20-34(21-19-33)29-12-13-30(37-2)27-15-17-35(23-28(27)29)31(36)22-25-8-10-26(11-9-25)32-16-14-24-6-4-3-5-7-24/h3-11,23,29,32H,12-22H2,1-2H3. The number of anilines is 1. The summed E-state index contributed by atoms with van der Waals surface area (Å²) in [5.41, 5.74) is 6.09. The Balaban J connectivity index is 1.21. The van der Waals surface area contributed by atoms with Crippen molar-refractivity contribution < 1.29 is 9.53 Å². The monoisotopic (exact) mass is 500 g/mol. The average Bonchev–Trinajstić information content (AvgIpc) is 2.94. The lowest BCUT2D eigenvalue weighted by Crippen LogP contribution is -2.51. The summed E-state index contributed by atoms with van der Waals surface area (Å²) in [6.45, 7) is 5.96. The van der Waals surface area contributed by atoms with E-state index in [0.717, 1.165) is 82.0 Å². The number of carbonyl (C=O) groups excluding carboxylic acids is 1. The number of nitrogens with one attached hydrogen (secondary N) is 1. The quantitative estimate of drug-likeness (QED) is 0.585. The molecule has 6 nitrogen and oxygen atoms in total. The molecule has 0 aromatic heterocycles. The highest BCUT2D eigenvalue weighted by molar-refractivity contribution is 5.80. The maximum atomic E-state index is 13.3. The number of hydrogen-bond acceptors (Lipinski definition) is 5. The number of carbonyl (C=O) groups is 1. The van der Waals surface area contributed by atoms with Crippen LogP contribution >= 0.6 is 0 Å². The number of hydrogen-bond donors (Lipinski definition) is 1. The van der Waals surface area contributed by atoms with Crippen LogP contribution in [0.25, 0.3) is 0 Å². The van der Waals surface area contributed by atoms with Crippen LogP contribution in [-0.4, -0.2) is 80.1 Å². The van der Waals surface area contributed by atoms with Crippen LogP contribution in [0.5, 0.6) is 0 Å². The fourth-order valence-electron chi connectivity index (χ4n) is 5.80. The van der Waals surface area contributed by atoms with Crippen LogP contribution in [0.1, 0.15) is 30.4 Å². The summed E-state index contributed by atoms with van der Waals surface area (Å²) in [6, 6.07) is 19.2. The van der Waals surface area contributed by atoms with E-state index in [9.17, 15) is 4.79 Å². The maximum Gasteiger partial charge on any atom is 0.230 e. The van der Waals surface area contributed by atoms with Gasteiger partial charge in [-0.1, -0.05) is 42.5 Å². The molecule has 2 heterocycles. The molecule has 5 rings (SSSR count). The predicted molar refractivity (Wildman–Crippen MR) is 149 cm³/mol. The minimum Gasteiger partial charge on any atom is -0.501 e. The topological polar surface area (TPSA) is 48.1 Å². The van der Waals surface area contributed by atoms with E-state index in [4.69, 9.17) is 4.74 Å². The third-order valence-corrected chi connectivity index (χ3v) is 8.03. The molecule has 37 heavy (non-hydrogen) atoms. The second kappa shape index (κ2) is 12.0. The molecule has 2 aromatic carbocycles. The molecule has 1 N–H and O–H groups in total. The highest BCUT2D eigenvalue weighted by Crippen LogP contribution is 2.38. The number of allylic oxidation sites excluding steroid dienone is 1. The molecule has 6 heteroatoms. The SMILES string of the molecule is COC1=C2CCN(C(=O)Cc3ccc(NCCc4ccccc4)cc3)C=C2C(N2CCN(C)CC2)CC1. The number of rotatable bonds is 8. The van der Waals surface area contributed by atoms with Gasteiger partial charge >= 0.3 is 0 Å². The van der Waals surface area contributed by atoms with E-state index in [1.807, 2.05) is 11.0 Å². The van der Waals surface area contributed by atoms with E-state index in [1.54, 1.807) is 7.11 Å². The van der Waals surface area contributed by atoms with Crippen molar-refractivity contribution >= 4 is 11.6 Å². The predicted octanol–water partition coefficient (Wildman–Crippen LogP) is 4.31. The summed E-state index contributed by atoms with van der Waals surface area (Å²) in [7, 11) is 3.98. The van der Waals surface area contributed by atoms with Crippen molar-refractivity contribution in [1.82, 2.24) is 14.7 Å². The largest absolute Gasteiger partial charge is 0.501 e. The minimum absolute atomic E-state index is 0.165. The maximum absolute atomic E-state index is 13.3. The minimum atomic E-state index is 0.165. The number of methoxy groups -OCH3 is 1. The molecule has 0 radical (unpaired) electrons. The van der Waals surface area contributed by atoms with Gasteiger partial charge in [-0.15, -0.1) is 0 Å². The van der Waals surface area contributed by atoms with Gasteiger partial charge in [0.1, 0.15) is 0 Å². The molecule has 0 spiro atoms. The Morgan fingerprint density at radius 1 is 0.946 bits per heavy atom. The van der Waals surface area contributed by atoms with Crippen LogP contribution in [-0.2, 0) is 22.4 Å². The van der Waals surface area contributed by atoms with Crippen molar-refractivity contribution in [3.05, 3.63) is 88.8 Å². The van der Waals surface area contributed by atoms with Crippen LogP contribution in [0.3, 0.4) is 0 Å². The molecule has 1 aliphatic carbocycles. The summed E-state index contributed by atoms with van der Waals surface area (Å²) in [4.78, 5) is 20.3. The lowest BCUT2D eigenvalue weighted by Gasteiger charge is -2.43. The van der Waals surface area contributed by atoms with Crippen molar-refractivity contribution in [1.29, 1.82) is 0 Å². The third kappa shape index (κ3) is 6.25. The number of ether oxygens (including phenoxy) is 1. The number of nitrogens with zero attached hydrogens (tertiary/aromatic N) is 3. The van der Waals surface area contributed by atoms with Crippen LogP contribution in [0, 0.1) is 0 Å². The van der Waals surface area contributed by atoms with E-state index in [-0.39, 0.29) is 5.91 Å². The summed E-state index contributed by atoms with van der Waals surface area (Å²) in [5, 5.41) is 3.49. The van der Waals surface area contributed by atoms with Gasteiger partial charge < -0.3 is 19.9 Å². The molecule has 0 saturated carbocycles. The zero-order valence-corrected chi connectivity index (χ0v) is 22.3. The first-order valence-electron chi connectivity index (χ1n) is 13.7. The highest BCUT2D eigenvalue weighted by Gasteiger charge is 2.35. The van der Waals surface area contributed by atoms with Gasteiger partial charge in [-0.2, -0.15) is 0 Å². The lowest BCUT2D eigenvalue weighted by molar-refractivity contribution is -0.128. The second-order valence-electron chi connectivity index (χ2n) is 10.5. The molecule has 1 fully saturated rings. The Morgan fingerprint density at radius 2 is 1.70 bits per heavy atom. The van der Waals surface area contributed by atoms with Gasteiger partial charge in [0.15, 0.2) is 0 Å². The van der Waals surface area contributed by atoms with Crippen molar-refractivity contribution in [3.63, 3.8) is 0 Å². The van der Waals surface area contributed by atoms with E-state index < -0.39 is 0 Å². The van der Waals surface area contributed by atoms with Crippen LogP contribution in [0.15, 0.2) is 77.7 Å². The van der Waals surface area contributed by atoms with E-state index in [0.29, 0.717) is 12.5 Å². The normalized spacial score (nSPS) is 20.9.